The molecule has 2 aromatic rings. The molecule has 8 heteroatoms. The number of hydrogen-bond acceptors (Lipinski definition) is 5. The summed E-state index contributed by atoms with van der Waals surface area (Å²) in [7, 11) is 0. The molecule has 2 heterocycles. The van der Waals surface area contributed by atoms with Crippen LogP contribution in [0.5, 0.6) is 0 Å². The lowest BCUT2D eigenvalue weighted by molar-refractivity contribution is -0.130. The number of piperazine rings is 1. The molecule has 0 spiro atoms. The Hall–Kier alpha value is -2.77. The van der Waals surface area contributed by atoms with E-state index >= 15 is 0 Å². The molecule has 0 aliphatic carbocycles. The van der Waals surface area contributed by atoms with Gasteiger partial charge in [0.15, 0.2) is 0 Å². The molecule has 2 amide bonds. The molecule has 150 valence electrons. The topological polar surface area (TPSA) is 88.3 Å². The summed E-state index contributed by atoms with van der Waals surface area (Å²) in [5, 5.41) is 6.81. The van der Waals surface area contributed by atoms with E-state index in [1.807, 2.05) is 27.7 Å². The molecule has 28 heavy (non-hydrogen) atoms. The van der Waals surface area contributed by atoms with Crippen molar-refractivity contribution in [2.75, 3.05) is 6.54 Å². The summed E-state index contributed by atoms with van der Waals surface area (Å²) in [5.41, 5.74) is 0.517. The van der Waals surface area contributed by atoms with E-state index in [0.29, 0.717) is 18.5 Å². The Balaban J connectivity index is 1.87. The Bertz CT molecular complexity index is 847. The second-order valence-corrected chi connectivity index (χ2v) is 7.89. The molecular formula is C20H25FN4O3. The van der Waals surface area contributed by atoms with Crippen molar-refractivity contribution < 1.29 is 18.5 Å². The van der Waals surface area contributed by atoms with Crippen molar-refractivity contribution in [3.63, 3.8) is 0 Å². The van der Waals surface area contributed by atoms with Gasteiger partial charge in [0.1, 0.15) is 11.9 Å². The zero-order chi connectivity index (χ0) is 20.4. The van der Waals surface area contributed by atoms with Crippen molar-refractivity contribution in [1.82, 2.24) is 20.4 Å². The lowest BCUT2D eigenvalue weighted by Gasteiger charge is -2.41. The second-order valence-electron chi connectivity index (χ2n) is 7.89. The third kappa shape index (κ3) is 4.21. The molecule has 7 nitrogen and oxygen atoms in total. The Morgan fingerprint density at radius 1 is 1.29 bits per heavy atom. The predicted molar refractivity (Wildman–Crippen MR) is 101 cm³/mol. The lowest BCUT2D eigenvalue weighted by Crippen LogP contribution is -2.63. The van der Waals surface area contributed by atoms with E-state index in [9.17, 15) is 14.0 Å². The third-order valence-electron chi connectivity index (χ3n) is 4.87. The lowest BCUT2D eigenvalue weighted by atomic mass is 9.94. The fourth-order valence-corrected chi connectivity index (χ4v) is 3.24. The van der Waals surface area contributed by atoms with E-state index < -0.39 is 11.9 Å². The molecule has 1 saturated heterocycles. The van der Waals surface area contributed by atoms with Gasteiger partial charge in [0.2, 0.25) is 5.91 Å². The van der Waals surface area contributed by atoms with Crippen molar-refractivity contribution in [2.24, 2.45) is 11.8 Å². The second kappa shape index (κ2) is 8.08. The predicted octanol–water partition coefficient (Wildman–Crippen LogP) is 2.89. The molecule has 1 N–H and O–H groups in total. The van der Waals surface area contributed by atoms with Gasteiger partial charge in [-0.15, -0.1) is 0 Å². The van der Waals surface area contributed by atoms with Crippen LogP contribution in [0.25, 0.3) is 11.5 Å². The molecule has 0 bridgehead atoms. The fraction of sp³-hybridized carbons (Fsp3) is 0.500. The van der Waals surface area contributed by atoms with Crippen molar-refractivity contribution in [3.8, 4) is 11.5 Å². The zero-order valence-electron chi connectivity index (χ0n) is 16.5. The van der Waals surface area contributed by atoms with Gasteiger partial charge < -0.3 is 14.7 Å². The number of carbonyl (C=O) groups excluding carboxylic acids is 2. The van der Waals surface area contributed by atoms with Crippen molar-refractivity contribution >= 4 is 11.8 Å². The SMILES string of the molecule is CC(C)C[C@H]1C(=O)N[C@@H](C(C)C)CN1C(=O)c1noc(-c2ccc(F)cc2)n1. The zero-order valence-corrected chi connectivity index (χ0v) is 16.5. The summed E-state index contributed by atoms with van der Waals surface area (Å²) in [6.45, 7) is 8.39. The van der Waals surface area contributed by atoms with Crippen LogP contribution in [0.4, 0.5) is 4.39 Å². The summed E-state index contributed by atoms with van der Waals surface area (Å²) in [4.78, 5) is 31.5. The molecule has 2 atom stereocenters. The van der Waals surface area contributed by atoms with Crippen LogP contribution in [-0.2, 0) is 4.79 Å². The first-order valence-corrected chi connectivity index (χ1v) is 9.47. The average molecular weight is 388 g/mol. The molecule has 1 fully saturated rings. The van der Waals surface area contributed by atoms with Gasteiger partial charge in [-0.3, -0.25) is 9.59 Å². The van der Waals surface area contributed by atoms with Crippen LogP contribution in [-0.4, -0.2) is 45.5 Å². The minimum absolute atomic E-state index is 0.106. The van der Waals surface area contributed by atoms with E-state index in [-0.39, 0.29) is 41.3 Å². The smallest absolute Gasteiger partial charge is 0.296 e. The molecule has 1 aliphatic rings. The van der Waals surface area contributed by atoms with Crippen LogP contribution in [0.1, 0.15) is 44.7 Å². The van der Waals surface area contributed by atoms with Crippen molar-refractivity contribution in [2.45, 2.75) is 46.2 Å². The summed E-state index contributed by atoms with van der Waals surface area (Å²) in [6, 6.07) is 4.85. The molecule has 3 rings (SSSR count). The Labute approximate surface area is 163 Å². The van der Waals surface area contributed by atoms with Gasteiger partial charge in [-0.2, -0.15) is 4.98 Å². The van der Waals surface area contributed by atoms with Crippen LogP contribution >= 0.6 is 0 Å². The summed E-state index contributed by atoms with van der Waals surface area (Å²) >= 11 is 0. The minimum Gasteiger partial charge on any atom is -0.350 e. The summed E-state index contributed by atoms with van der Waals surface area (Å²) < 4.78 is 18.3. The number of aromatic nitrogens is 2. The number of hydrogen-bond donors (Lipinski definition) is 1. The van der Waals surface area contributed by atoms with Crippen LogP contribution in [0.3, 0.4) is 0 Å². The van der Waals surface area contributed by atoms with Crippen LogP contribution < -0.4 is 5.32 Å². The van der Waals surface area contributed by atoms with Gasteiger partial charge in [-0.05, 0) is 42.5 Å². The van der Waals surface area contributed by atoms with E-state index in [1.165, 1.54) is 24.3 Å². The van der Waals surface area contributed by atoms with Gasteiger partial charge in [-0.1, -0.05) is 32.9 Å². The Kier molecular flexibility index (Phi) is 5.76. The monoisotopic (exact) mass is 388 g/mol. The van der Waals surface area contributed by atoms with Gasteiger partial charge in [0.05, 0.1) is 0 Å². The summed E-state index contributed by atoms with van der Waals surface area (Å²) in [5.74, 6) is -0.537. The van der Waals surface area contributed by atoms with Gasteiger partial charge in [-0.25, -0.2) is 4.39 Å². The number of carbonyl (C=O) groups is 2. The first-order valence-electron chi connectivity index (χ1n) is 9.47. The van der Waals surface area contributed by atoms with Crippen molar-refractivity contribution in [1.29, 1.82) is 0 Å². The van der Waals surface area contributed by atoms with E-state index in [2.05, 4.69) is 15.5 Å². The van der Waals surface area contributed by atoms with Crippen LogP contribution in [0.15, 0.2) is 28.8 Å². The fourth-order valence-electron chi connectivity index (χ4n) is 3.24. The molecule has 0 saturated carbocycles. The Morgan fingerprint density at radius 2 is 1.96 bits per heavy atom. The molecule has 1 aliphatic heterocycles. The average Bonchev–Trinajstić information content (AvgIpc) is 3.13. The standard InChI is InChI=1S/C20H25FN4O3/c1-11(2)9-16-18(26)22-15(12(3)4)10-25(16)20(27)17-23-19(28-24-17)13-5-7-14(21)8-6-13/h5-8,11-12,15-16H,9-10H2,1-4H3,(H,22,26)/t15-,16+/m1/s1. The number of nitrogens with zero attached hydrogens (tertiary/aromatic N) is 3. The number of benzene rings is 1. The van der Waals surface area contributed by atoms with E-state index in [4.69, 9.17) is 4.52 Å². The molecular weight excluding hydrogens is 363 g/mol. The number of halogens is 1. The van der Waals surface area contributed by atoms with Gasteiger partial charge >= 0.3 is 0 Å². The highest BCUT2D eigenvalue weighted by Gasteiger charge is 2.40. The molecule has 0 radical (unpaired) electrons. The Morgan fingerprint density at radius 3 is 2.57 bits per heavy atom. The minimum atomic E-state index is -0.574. The highest BCUT2D eigenvalue weighted by atomic mass is 19.1. The van der Waals surface area contributed by atoms with Gasteiger partial charge in [0, 0.05) is 18.2 Å². The quantitative estimate of drug-likeness (QED) is 0.851. The van der Waals surface area contributed by atoms with Crippen LogP contribution in [0, 0.1) is 17.7 Å². The first-order chi connectivity index (χ1) is 13.3. The van der Waals surface area contributed by atoms with E-state index in [1.54, 1.807) is 4.90 Å². The maximum absolute atomic E-state index is 13.1. The largest absolute Gasteiger partial charge is 0.350 e. The number of nitrogens with one attached hydrogen (secondary N) is 1. The van der Waals surface area contributed by atoms with Crippen LogP contribution in [0.2, 0.25) is 0 Å². The van der Waals surface area contributed by atoms with E-state index in [0.717, 1.165) is 0 Å². The maximum Gasteiger partial charge on any atom is 0.296 e. The van der Waals surface area contributed by atoms with Crippen molar-refractivity contribution in [3.05, 3.63) is 35.9 Å². The normalized spacial score (nSPS) is 20.0. The highest BCUT2D eigenvalue weighted by molar-refractivity contribution is 5.96. The number of amides is 2. The third-order valence-corrected chi connectivity index (χ3v) is 4.87. The van der Waals surface area contributed by atoms with Gasteiger partial charge in [0.25, 0.3) is 17.6 Å². The highest BCUT2D eigenvalue weighted by Crippen LogP contribution is 2.23. The summed E-state index contributed by atoms with van der Waals surface area (Å²) in [6.07, 6.45) is 0.547. The number of rotatable bonds is 5. The molecule has 1 aromatic heterocycles. The maximum atomic E-state index is 13.1. The molecule has 0 unspecified atom stereocenters. The molecule has 1 aromatic carbocycles. The first kappa shape index (κ1) is 20.0.